The Labute approximate surface area is 150 Å². The molecule has 2 aromatic rings. The number of para-hydroxylation sites is 1. The Kier molecular flexibility index (Phi) is 5.18. The van der Waals surface area contributed by atoms with Gasteiger partial charge >= 0.3 is 0 Å². The predicted molar refractivity (Wildman–Crippen MR) is 94.5 cm³/mol. The molecule has 3 rings (SSSR count). The van der Waals surface area contributed by atoms with E-state index in [4.69, 9.17) is 11.6 Å². The maximum Gasteiger partial charge on any atom is 0.248 e. The van der Waals surface area contributed by atoms with Crippen LogP contribution in [-0.2, 0) is 16.1 Å². The van der Waals surface area contributed by atoms with Crippen LogP contribution >= 0.6 is 11.6 Å². The summed E-state index contributed by atoms with van der Waals surface area (Å²) < 4.78 is 1.37. The van der Waals surface area contributed by atoms with Gasteiger partial charge in [0.05, 0.1) is 16.6 Å². The number of aromatic nitrogens is 3. The summed E-state index contributed by atoms with van der Waals surface area (Å²) in [5, 5.41) is 9.97. The van der Waals surface area contributed by atoms with Gasteiger partial charge in [-0.1, -0.05) is 23.7 Å². The third kappa shape index (κ3) is 4.08. The summed E-state index contributed by atoms with van der Waals surface area (Å²) in [7, 11) is 1.55. The van der Waals surface area contributed by atoms with Crippen molar-refractivity contribution in [3.8, 4) is 0 Å². The minimum atomic E-state index is -0.186. The van der Waals surface area contributed by atoms with E-state index in [0.717, 1.165) is 18.7 Å². The van der Waals surface area contributed by atoms with Crippen molar-refractivity contribution in [2.75, 3.05) is 30.4 Å². The monoisotopic (exact) mass is 362 g/mol. The highest BCUT2D eigenvalue weighted by atomic mass is 35.5. The number of amides is 2. The fourth-order valence-corrected chi connectivity index (χ4v) is 3.02. The molecule has 1 aromatic carbocycles. The van der Waals surface area contributed by atoms with Gasteiger partial charge in [0.2, 0.25) is 17.8 Å². The fraction of sp³-hybridized carbons (Fsp3) is 0.375. The van der Waals surface area contributed by atoms with Crippen LogP contribution in [0.15, 0.2) is 30.6 Å². The van der Waals surface area contributed by atoms with Crippen molar-refractivity contribution in [2.24, 2.45) is 5.92 Å². The van der Waals surface area contributed by atoms with Crippen LogP contribution < -0.4 is 15.5 Å². The van der Waals surface area contributed by atoms with E-state index in [1.807, 2.05) is 24.3 Å². The predicted octanol–water partition coefficient (Wildman–Crippen LogP) is 1.14. The molecular formula is C16H19ClN6O2. The molecule has 2 amide bonds. The first-order valence-electron chi connectivity index (χ1n) is 7.97. The molecule has 132 valence electrons. The average Bonchev–Trinajstić information content (AvgIpc) is 3.25. The second-order valence-corrected chi connectivity index (χ2v) is 6.22. The number of hydrogen-bond acceptors (Lipinski definition) is 5. The summed E-state index contributed by atoms with van der Waals surface area (Å²) in [6.45, 7) is 1.41. The van der Waals surface area contributed by atoms with Gasteiger partial charge < -0.3 is 10.2 Å². The van der Waals surface area contributed by atoms with Crippen LogP contribution in [0.3, 0.4) is 0 Å². The standard InChI is InChI=1S/C16H19ClN6O2/c1-18-14(24)9-23-10-19-16(21-23)20-15(25)11-6-7-22(8-11)13-5-3-2-4-12(13)17/h2-5,10-11H,6-9H2,1H3,(H,18,24)(H,20,21,25). The number of nitrogens with one attached hydrogen (secondary N) is 2. The summed E-state index contributed by atoms with van der Waals surface area (Å²) >= 11 is 6.22. The molecule has 0 radical (unpaired) electrons. The van der Waals surface area contributed by atoms with Gasteiger partial charge in [0, 0.05) is 20.1 Å². The maximum atomic E-state index is 12.4. The molecule has 1 aliphatic rings. The van der Waals surface area contributed by atoms with Gasteiger partial charge in [-0.2, -0.15) is 0 Å². The molecule has 1 atom stereocenters. The van der Waals surface area contributed by atoms with Crippen molar-refractivity contribution < 1.29 is 9.59 Å². The van der Waals surface area contributed by atoms with Gasteiger partial charge in [0.1, 0.15) is 12.9 Å². The van der Waals surface area contributed by atoms with Crippen LogP contribution in [-0.4, -0.2) is 46.7 Å². The van der Waals surface area contributed by atoms with Crippen molar-refractivity contribution in [3.63, 3.8) is 0 Å². The molecule has 9 heteroatoms. The molecule has 1 fully saturated rings. The quantitative estimate of drug-likeness (QED) is 0.832. The summed E-state index contributed by atoms with van der Waals surface area (Å²) in [4.78, 5) is 29.9. The minimum absolute atomic E-state index is 0.0586. The lowest BCUT2D eigenvalue weighted by atomic mass is 10.1. The van der Waals surface area contributed by atoms with Gasteiger partial charge in [-0.15, -0.1) is 5.10 Å². The number of nitrogens with zero attached hydrogens (tertiary/aromatic N) is 4. The first-order chi connectivity index (χ1) is 12.1. The molecule has 1 aromatic heterocycles. The van der Waals surface area contributed by atoms with Gasteiger partial charge in [0.15, 0.2) is 0 Å². The van der Waals surface area contributed by atoms with Gasteiger partial charge in [-0.25, -0.2) is 9.67 Å². The minimum Gasteiger partial charge on any atom is -0.370 e. The van der Waals surface area contributed by atoms with Crippen LogP contribution in [0.1, 0.15) is 6.42 Å². The molecule has 0 aliphatic carbocycles. The van der Waals surface area contributed by atoms with Crippen molar-refractivity contribution >= 4 is 35.1 Å². The van der Waals surface area contributed by atoms with E-state index in [1.54, 1.807) is 7.05 Å². The third-order valence-electron chi connectivity index (χ3n) is 4.11. The Bertz CT molecular complexity index is 777. The Morgan fingerprint density at radius 3 is 2.92 bits per heavy atom. The highest BCUT2D eigenvalue weighted by molar-refractivity contribution is 6.33. The number of hydrogen-bond donors (Lipinski definition) is 2. The first-order valence-corrected chi connectivity index (χ1v) is 8.35. The zero-order chi connectivity index (χ0) is 17.8. The third-order valence-corrected chi connectivity index (χ3v) is 4.43. The number of carbonyl (C=O) groups excluding carboxylic acids is 2. The van der Waals surface area contributed by atoms with Gasteiger partial charge in [-0.05, 0) is 18.6 Å². The highest BCUT2D eigenvalue weighted by Gasteiger charge is 2.29. The highest BCUT2D eigenvalue weighted by Crippen LogP contribution is 2.30. The topological polar surface area (TPSA) is 92.2 Å². The lowest BCUT2D eigenvalue weighted by molar-refractivity contribution is -0.121. The summed E-state index contributed by atoms with van der Waals surface area (Å²) in [6.07, 6.45) is 2.14. The number of anilines is 2. The number of halogens is 1. The van der Waals surface area contributed by atoms with E-state index in [1.165, 1.54) is 11.0 Å². The molecule has 2 N–H and O–H groups in total. The lowest BCUT2D eigenvalue weighted by Crippen LogP contribution is -2.27. The Morgan fingerprint density at radius 2 is 2.16 bits per heavy atom. The largest absolute Gasteiger partial charge is 0.370 e. The van der Waals surface area contributed by atoms with Crippen molar-refractivity contribution in [1.29, 1.82) is 0 Å². The smallest absolute Gasteiger partial charge is 0.248 e. The van der Waals surface area contributed by atoms with E-state index in [-0.39, 0.29) is 30.2 Å². The van der Waals surface area contributed by atoms with E-state index >= 15 is 0 Å². The van der Waals surface area contributed by atoms with Crippen LogP contribution in [0.5, 0.6) is 0 Å². The second-order valence-electron chi connectivity index (χ2n) is 5.81. The molecular weight excluding hydrogens is 344 g/mol. The molecule has 2 heterocycles. The average molecular weight is 363 g/mol. The molecule has 0 bridgehead atoms. The van der Waals surface area contributed by atoms with Gasteiger partial charge in [-0.3, -0.25) is 14.9 Å². The molecule has 8 nitrogen and oxygen atoms in total. The maximum absolute atomic E-state index is 12.4. The SMILES string of the molecule is CNC(=O)Cn1cnc(NC(=O)C2CCN(c3ccccc3Cl)C2)n1. The first kappa shape index (κ1) is 17.2. The van der Waals surface area contributed by atoms with E-state index in [9.17, 15) is 9.59 Å². The Balaban J connectivity index is 1.58. The Morgan fingerprint density at radius 1 is 1.36 bits per heavy atom. The lowest BCUT2D eigenvalue weighted by Gasteiger charge is -2.19. The summed E-state index contributed by atoms with van der Waals surface area (Å²) in [6, 6.07) is 7.60. The zero-order valence-corrected chi connectivity index (χ0v) is 14.5. The van der Waals surface area contributed by atoms with Crippen LogP contribution in [0, 0.1) is 5.92 Å². The fourth-order valence-electron chi connectivity index (χ4n) is 2.77. The number of likely N-dealkylation sites (N-methyl/N-ethyl adjacent to an activating group) is 1. The molecule has 1 saturated heterocycles. The Hall–Kier alpha value is -2.61. The number of rotatable bonds is 5. The zero-order valence-electron chi connectivity index (χ0n) is 13.8. The molecule has 25 heavy (non-hydrogen) atoms. The van der Waals surface area contributed by atoms with Crippen LogP contribution in [0.25, 0.3) is 0 Å². The summed E-state index contributed by atoms with van der Waals surface area (Å²) in [5.74, 6) is -0.284. The summed E-state index contributed by atoms with van der Waals surface area (Å²) in [5.41, 5.74) is 0.937. The van der Waals surface area contributed by atoms with Crippen LogP contribution in [0.2, 0.25) is 5.02 Å². The van der Waals surface area contributed by atoms with Crippen molar-refractivity contribution in [2.45, 2.75) is 13.0 Å². The molecule has 1 aliphatic heterocycles. The van der Waals surface area contributed by atoms with E-state index in [0.29, 0.717) is 11.6 Å². The number of carbonyl (C=O) groups is 2. The van der Waals surface area contributed by atoms with E-state index < -0.39 is 0 Å². The van der Waals surface area contributed by atoms with E-state index in [2.05, 4.69) is 25.6 Å². The normalized spacial score (nSPS) is 16.7. The van der Waals surface area contributed by atoms with Crippen molar-refractivity contribution in [3.05, 3.63) is 35.6 Å². The molecule has 0 saturated carbocycles. The van der Waals surface area contributed by atoms with Crippen molar-refractivity contribution in [1.82, 2.24) is 20.1 Å². The van der Waals surface area contributed by atoms with Gasteiger partial charge in [0.25, 0.3) is 0 Å². The number of benzene rings is 1. The molecule has 0 spiro atoms. The second kappa shape index (κ2) is 7.52. The molecule has 1 unspecified atom stereocenters. The van der Waals surface area contributed by atoms with Crippen LogP contribution in [0.4, 0.5) is 11.6 Å².